The Morgan fingerprint density at radius 3 is 2.59 bits per heavy atom. The molecule has 0 saturated carbocycles. The van der Waals surface area contributed by atoms with E-state index in [1.165, 1.54) is 17.9 Å². The number of halogens is 3. The number of benzene rings is 1. The van der Waals surface area contributed by atoms with Crippen molar-refractivity contribution in [2.75, 3.05) is 6.54 Å². The lowest BCUT2D eigenvalue weighted by Gasteiger charge is -2.35. The van der Waals surface area contributed by atoms with E-state index < -0.39 is 59.5 Å². The van der Waals surface area contributed by atoms with E-state index in [9.17, 15) is 14.4 Å². The molecule has 1 saturated heterocycles. The van der Waals surface area contributed by atoms with Crippen molar-refractivity contribution in [3.8, 4) is 5.88 Å². The highest BCUT2D eigenvalue weighted by Crippen LogP contribution is 2.45. The van der Waals surface area contributed by atoms with Crippen LogP contribution in [-0.2, 0) is 20.2 Å². The normalized spacial score (nSPS) is 29.3. The van der Waals surface area contributed by atoms with Gasteiger partial charge in [-0.1, -0.05) is 45.4 Å². The van der Waals surface area contributed by atoms with E-state index in [1.807, 2.05) is 27.7 Å². The molecule has 2 bridgehead atoms. The Morgan fingerprint density at radius 2 is 1.93 bits per heavy atom. The number of carbonyl (C=O) groups is 3. The number of rotatable bonds is 2. The number of nitrogens with one attached hydrogen (secondary N) is 1. The quantitative estimate of drug-likeness (QED) is 0.360. The third kappa shape index (κ3) is 6.28. The summed E-state index contributed by atoms with van der Waals surface area (Å²) in [6.07, 6.45) is 1.40. The predicted octanol–water partition coefficient (Wildman–Crippen LogP) is 6.97. The maximum absolute atomic E-state index is 16.0. The Balaban J connectivity index is 1.60. The van der Waals surface area contributed by atoms with E-state index >= 15 is 8.78 Å². The first-order chi connectivity index (χ1) is 20.5. The summed E-state index contributed by atoms with van der Waals surface area (Å²) in [4.78, 5) is 46.2. The van der Waals surface area contributed by atoms with E-state index in [1.54, 1.807) is 31.2 Å². The number of hydrogen-bond acceptors (Lipinski definition) is 6. The van der Waals surface area contributed by atoms with Gasteiger partial charge >= 0.3 is 6.09 Å². The van der Waals surface area contributed by atoms with Gasteiger partial charge in [0.15, 0.2) is 11.4 Å². The summed E-state index contributed by atoms with van der Waals surface area (Å²) in [5, 5.41) is 3.66. The molecule has 3 aliphatic rings. The van der Waals surface area contributed by atoms with E-state index in [-0.39, 0.29) is 30.2 Å². The van der Waals surface area contributed by atoms with E-state index in [2.05, 4.69) is 10.3 Å². The number of pyridine rings is 1. The van der Waals surface area contributed by atoms with Gasteiger partial charge in [0, 0.05) is 22.7 Å². The second-order valence-electron chi connectivity index (χ2n) is 13.5. The predicted molar refractivity (Wildman–Crippen MR) is 163 cm³/mol. The van der Waals surface area contributed by atoms with Gasteiger partial charge in [-0.15, -0.1) is 0 Å². The molecule has 1 N–H and O–H groups in total. The van der Waals surface area contributed by atoms with Gasteiger partial charge in [0.05, 0.1) is 23.7 Å². The first-order valence-electron chi connectivity index (χ1n) is 15.2. The molecule has 238 valence electrons. The second-order valence-corrected chi connectivity index (χ2v) is 13.9. The molecule has 1 fully saturated rings. The lowest BCUT2D eigenvalue weighted by atomic mass is 9.85. The Kier molecular flexibility index (Phi) is 8.46. The van der Waals surface area contributed by atoms with E-state index in [0.29, 0.717) is 35.2 Å². The molecule has 1 aliphatic carbocycles. The monoisotopic (exact) mass is 631 g/mol. The van der Waals surface area contributed by atoms with Crippen molar-refractivity contribution in [3.05, 3.63) is 46.5 Å². The van der Waals surface area contributed by atoms with Crippen molar-refractivity contribution in [2.24, 2.45) is 11.3 Å². The Hall–Kier alpha value is -3.27. The van der Waals surface area contributed by atoms with Gasteiger partial charge in [-0.3, -0.25) is 9.59 Å². The Bertz CT molecular complexity index is 1520. The molecule has 2 aromatic rings. The highest BCUT2D eigenvalue weighted by atomic mass is 35.5. The van der Waals surface area contributed by atoms with Crippen LogP contribution < -0.4 is 10.1 Å². The number of alkyl carbamates (subject to hydrolysis) is 1. The standard InChI is InChI=1S/C33H40ClF2N3O5/c1-7-22-25-17-39(26(22)18(2)40)29(41)27(31(3,4)5)38-30(42)44-32(6)16-20(32)10-8-9-13-33(35,36)23-14-19-11-12-21(34)15-24(19)37-28(23)43-25/h11-12,14-16,22,25-27H,7-10,13,17H2,1-6H3,(H,38,42)/t22-,25+,26-,27-,32-/m1/s1. The summed E-state index contributed by atoms with van der Waals surface area (Å²) in [6.45, 7) is 10.4. The van der Waals surface area contributed by atoms with Crippen LogP contribution in [0, 0.1) is 11.3 Å². The van der Waals surface area contributed by atoms with Gasteiger partial charge in [-0.25, -0.2) is 18.6 Å². The molecule has 5 atom stereocenters. The highest BCUT2D eigenvalue weighted by molar-refractivity contribution is 6.31. The number of Topliss-reactive ketones (excluding diaryl/α,β-unsaturated/α-hetero) is 1. The van der Waals surface area contributed by atoms with Gasteiger partial charge in [-0.05, 0) is 74.8 Å². The number of ether oxygens (including phenoxy) is 2. The van der Waals surface area contributed by atoms with Crippen LogP contribution in [0.1, 0.15) is 79.2 Å². The summed E-state index contributed by atoms with van der Waals surface area (Å²) < 4.78 is 44.0. The summed E-state index contributed by atoms with van der Waals surface area (Å²) in [6, 6.07) is 4.34. The maximum Gasteiger partial charge on any atom is 0.409 e. The van der Waals surface area contributed by atoms with Crippen LogP contribution in [-0.4, -0.2) is 58.0 Å². The smallest absolute Gasteiger partial charge is 0.409 e. The number of aromatic nitrogens is 1. The molecule has 1 aromatic heterocycles. The molecule has 8 nitrogen and oxygen atoms in total. The van der Waals surface area contributed by atoms with Gasteiger partial charge in [-0.2, -0.15) is 0 Å². The molecule has 1 aromatic carbocycles. The minimum atomic E-state index is -3.27. The molecule has 2 amide bonds. The van der Waals surface area contributed by atoms with Crippen LogP contribution >= 0.6 is 11.6 Å². The number of ketones is 1. The summed E-state index contributed by atoms with van der Waals surface area (Å²) in [5.74, 6) is -4.75. The fourth-order valence-electron chi connectivity index (χ4n) is 6.52. The number of amides is 2. The zero-order chi connectivity index (χ0) is 32.2. The molecule has 0 unspecified atom stereocenters. The molecule has 0 spiro atoms. The third-order valence-corrected chi connectivity index (χ3v) is 9.27. The second kappa shape index (κ2) is 11.6. The minimum Gasteiger partial charge on any atom is -0.472 e. The van der Waals surface area contributed by atoms with Crippen molar-refractivity contribution in [1.82, 2.24) is 15.2 Å². The minimum absolute atomic E-state index is 0.0470. The lowest BCUT2D eigenvalue weighted by Crippen LogP contribution is -2.57. The molecule has 2 aliphatic heterocycles. The highest BCUT2D eigenvalue weighted by Gasteiger charge is 2.51. The maximum atomic E-state index is 16.0. The van der Waals surface area contributed by atoms with E-state index in [4.69, 9.17) is 21.1 Å². The van der Waals surface area contributed by atoms with Crippen molar-refractivity contribution < 1.29 is 32.6 Å². The zero-order valence-corrected chi connectivity index (χ0v) is 26.8. The largest absolute Gasteiger partial charge is 0.472 e. The number of alkyl halides is 2. The van der Waals surface area contributed by atoms with Crippen molar-refractivity contribution >= 4 is 40.3 Å². The van der Waals surface area contributed by atoms with Gasteiger partial charge < -0.3 is 19.7 Å². The number of hydrogen-bond donors (Lipinski definition) is 1. The van der Waals surface area contributed by atoms with Gasteiger partial charge in [0.2, 0.25) is 11.8 Å². The molecule has 11 heteroatoms. The summed E-state index contributed by atoms with van der Waals surface area (Å²) >= 11 is 6.20. The molecule has 3 heterocycles. The van der Waals surface area contributed by atoms with Crippen LogP contribution in [0.3, 0.4) is 0 Å². The van der Waals surface area contributed by atoms with Crippen LogP contribution in [0.15, 0.2) is 35.9 Å². The van der Waals surface area contributed by atoms with Gasteiger partial charge in [0.1, 0.15) is 12.1 Å². The van der Waals surface area contributed by atoms with Crippen LogP contribution in [0.4, 0.5) is 13.6 Å². The van der Waals surface area contributed by atoms with Crippen LogP contribution in [0.5, 0.6) is 5.88 Å². The number of carbonyl (C=O) groups excluding carboxylic acids is 3. The first-order valence-corrected chi connectivity index (χ1v) is 15.6. The van der Waals surface area contributed by atoms with Gasteiger partial charge in [0.25, 0.3) is 5.92 Å². The lowest BCUT2D eigenvalue weighted by molar-refractivity contribution is -0.141. The summed E-state index contributed by atoms with van der Waals surface area (Å²) in [5.41, 5.74) is -0.776. The molecule has 44 heavy (non-hydrogen) atoms. The van der Waals surface area contributed by atoms with Crippen LogP contribution in [0.25, 0.3) is 10.9 Å². The Morgan fingerprint density at radius 1 is 1.20 bits per heavy atom. The SMILES string of the molecule is CC[C@@H]1[C@@H]2CN(C(=O)[C@H](C(C)(C)C)NC(=O)O[C@]3(C)C=C3CCCCC(F)(F)c3cc4ccc(Cl)cc4nc3O2)[C@@H]1C(C)=O. The topological polar surface area (TPSA) is 97.8 Å². The average Bonchev–Trinajstić information content (AvgIpc) is 3.40. The summed E-state index contributed by atoms with van der Waals surface area (Å²) in [7, 11) is 0. The third-order valence-electron chi connectivity index (χ3n) is 9.04. The zero-order valence-electron chi connectivity index (χ0n) is 26.0. The molecule has 0 radical (unpaired) electrons. The number of nitrogens with zero attached hydrogens (tertiary/aromatic N) is 2. The fraction of sp³-hybridized carbons (Fsp3) is 0.576. The molecular weight excluding hydrogens is 592 g/mol. The Labute approximate surface area is 261 Å². The van der Waals surface area contributed by atoms with Crippen LogP contribution in [0.2, 0.25) is 5.02 Å². The molecule has 5 rings (SSSR count). The van der Waals surface area contributed by atoms with Crippen molar-refractivity contribution in [3.63, 3.8) is 0 Å². The van der Waals surface area contributed by atoms with Crippen molar-refractivity contribution in [1.29, 1.82) is 0 Å². The fourth-order valence-corrected chi connectivity index (χ4v) is 6.68. The van der Waals surface area contributed by atoms with E-state index in [0.717, 1.165) is 5.57 Å². The molecular formula is C33H40ClF2N3O5. The number of fused-ring (bicyclic) bond motifs is 5. The first kappa shape index (κ1) is 32.1. The van der Waals surface area contributed by atoms with Crippen molar-refractivity contribution in [2.45, 2.75) is 103 Å². The average molecular weight is 632 g/mol.